The van der Waals surface area contributed by atoms with E-state index < -0.39 is 0 Å². The van der Waals surface area contributed by atoms with E-state index in [1.807, 2.05) is 42.5 Å². The molecule has 0 unspecified atom stereocenters. The van der Waals surface area contributed by atoms with Crippen molar-refractivity contribution in [1.29, 1.82) is 0 Å². The molecule has 15 heavy (non-hydrogen) atoms. The molecule has 2 rings (SSSR count). The van der Waals surface area contributed by atoms with Crippen LogP contribution in [0.5, 0.6) is 0 Å². The highest BCUT2D eigenvalue weighted by atomic mass is 79.9. The number of hydrogen-bond acceptors (Lipinski definition) is 1. The molecular weight excluding hydrogens is 254 g/mol. The van der Waals surface area contributed by atoms with Crippen LogP contribution in [0.4, 0.5) is 0 Å². The van der Waals surface area contributed by atoms with Crippen LogP contribution in [0.1, 0.15) is 5.56 Å². The van der Waals surface area contributed by atoms with E-state index in [4.69, 9.17) is 0 Å². The number of rotatable bonds is 2. The summed E-state index contributed by atoms with van der Waals surface area (Å²) < 4.78 is 1.65. The van der Waals surface area contributed by atoms with E-state index in [9.17, 15) is 4.79 Å². The number of hydrogen-bond donors (Lipinski definition) is 0. The lowest BCUT2D eigenvalue weighted by Crippen LogP contribution is -2.20. The van der Waals surface area contributed by atoms with E-state index in [1.165, 1.54) is 0 Å². The van der Waals surface area contributed by atoms with Gasteiger partial charge in [0.15, 0.2) is 0 Å². The van der Waals surface area contributed by atoms with Gasteiger partial charge in [-0.05, 0) is 18.2 Å². The van der Waals surface area contributed by atoms with E-state index >= 15 is 0 Å². The zero-order valence-corrected chi connectivity index (χ0v) is 9.65. The Morgan fingerprint density at radius 3 is 2.47 bits per heavy atom. The highest BCUT2D eigenvalue weighted by Crippen LogP contribution is 2.05. The number of pyridine rings is 1. The van der Waals surface area contributed by atoms with E-state index in [2.05, 4.69) is 15.9 Å². The third-order valence-corrected chi connectivity index (χ3v) is 2.81. The highest BCUT2D eigenvalue weighted by molar-refractivity contribution is 9.08. The molecule has 1 aromatic heterocycles. The lowest BCUT2D eigenvalue weighted by molar-refractivity contribution is 0.968. The normalized spacial score (nSPS) is 10.2. The monoisotopic (exact) mass is 263 g/mol. The second kappa shape index (κ2) is 4.45. The van der Waals surface area contributed by atoms with Gasteiger partial charge >= 0.3 is 0 Å². The fourth-order valence-electron chi connectivity index (χ4n) is 1.43. The lowest BCUT2D eigenvalue weighted by Gasteiger charge is -2.06. The predicted molar refractivity (Wildman–Crippen MR) is 64.7 cm³/mol. The van der Waals surface area contributed by atoms with Gasteiger partial charge in [0.25, 0.3) is 5.56 Å². The standard InChI is InChI=1S/C12H10BrNO/c13-9-10-5-4-8-14(12(10)15)11-6-2-1-3-7-11/h1-8H,9H2. The Morgan fingerprint density at radius 2 is 1.80 bits per heavy atom. The van der Waals surface area contributed by atoms with Crippen LogP contribution in [0.15, 0.2) is 53.5 Å². The van der Waals surface area contributed by atoms with E-state index in [1.54, 1.807) is 10.8 Å². The maximum absolute atomic E-state index is 11.9. The molecule has 0 saturated heterocycles. The van der Waals surface area contributed by atoms with E-state index in [-0.39, 0.29) is 5.56 Å². The summed E-state index contributed by atoms with van der Waals surface area (Å²) in [5.74, 6) is 0. The molecule has 0 radical (unpaired) electrons. The molecule has 0 aliphatic rings. The zero-order chi connectivity index (χ0) is 10.7. The Labute approximate surface area is 96.3 Å². The minimum Gasteiger partial charge on any atom is -0.284 e. The van der Waals surface area contributed by atoms with Crippen molar-refractivity contribution < 1.29 is 0 Å². The first-order chi connectivity index (χ1) is 7.33. The molecule has 0 spiro atoms. The summed E-state index contributed by atoms with van der Waals surface area (Å²) in [6.07, 6.45) is 1.78. The molecule has 2 nitrogen and oxygen atoms in total. The quantitative estimate of drug-likeness (QED) is 0.764. The van der Waals surface area contributed by atoms with Gasteiger partial charge in [-0.1, -0.05) is 40.2 Å². The lowest BCUT2D eigenvalue weighted by atomic mass is 10.2. The molecule has 3 heteroatoms. The Kier molecular flexibility index (Phi) is 3.02. The van der Waals surface area contributed by atoms with Gasteiger partial charge in [-0.15, -0.1) is 0 Å². The van der Waals surface area contributed by atoms with Gasteiger partial charge in [-0.3, -0.25) is 9.36 Å². The molecule has 0 saturated carbocycles. The van der Waals surface area contributed by atoms with Gasteiger partial charge in [-0.2, -0.15) is 0 Å². The Hall–Kier alpha value is -1.35. The average molecular weight is 264 g/mol. The van der Waals surface area contributed by atoms with Crippen LogP contribution in [0.25, 0.3) is 5.69 Å². The fraction of sp³-hybridized carbons (Fsp3) is 0.0833. The molecule has 1 heterocycles. The molecular formula is C12H10BrNO. The fourth-order valence-corrected chi connectivity index (χ4v) is 1.86. The minimum atomic E-state index is 0.0283. The molecule has 0 bridgehead atoms. The molecule has 1 aromatic carbocycles. The van der Waals surface area contributed by atoms with Crippen molar-refractivity contribution in [3.05, 3.63) is 64.6 Å². The van der Waals surface area contributed by atoms with Gasteiger partial charge < -0.3 is 0 Å². The molecule has 0 N–H and O–H groups in total. The van der Waals surface area contributed by atoms with Crippen molar-refractivity contribution in [3.63, 3.8) is 0 Å². The van der Waals surface area contributed by atoms with Crippen molar-refractivity contribution in [2.45, 2.75) is 5.33 Å². The number of halogens is 1. The molecule has 0 atom stereocenters. The summed E-state index contributed by atoms with van der Waals surface area (Å²) in [4.78, 5) is 11.9. The number of benzene rings is 1. The third kappa shape index (κ3) is 2.02. The Balaban J connectivity index is 2.60. The van der Waals surface area contributed by atoms with Gasteiger partial charge in [0.05, 0.1) is 0 Å². The number of para-hydroxylation sites is 1. The van der Waals surface area contributed by atoms with Gasteiger partial charge in [0.1, 0.15) is 0 Å². The van der Waals surface area contributed by atoms with Crippen molar-refractivity contribution >= 4 is 15.9 Å². The van der Waals surface area contributed by atoms with Crippen molar-refractivity contribution in [3.8, 4) is 5.69 Å². The number of nitrogens with zero attached hydrogens (tertiary/aromatic N) is 1. The van der Waals surface area contributed by atoms with Crippen LogP contribution in [-0.4, -0.2) is 4.57 Å². The first-order valence-corrected chi connectivity index (χ1v) is 5.77. The van der Waals surface area contributed by atoms with Gasteiger partial charge in [0.2, 0.25) is 0 Å². The van der Waals surface area contributed by atoms with Gasteiger partial charge in [0, 0.05) is 22.8 Å². The van der Waals surface area contributed by atoms with Crippen molar-refractivity contribution in [2.24, 2.45) is 0 Å². The summed E-state index contributed by atoms with van der Waals surface area (Å²) in [6.45, 7) is 0. The smallest absolute Gasteiger partial charge is 0.259 e. The SMILES string of the molecule is O=c1c(CBr)cccn1-c1ccccc1. The summed E-state index contributed by atoms with van der Waals surface area (Å²) in [5.41, 5.74) is 1.69. The Bertz CT molecular complexity index is 505. The molecule has 0 aliphatic carbocycles. The third-order valence-electron chi connectivity index (χ3n) is 2.20. The molecule has 2 aromatic rings. The molecule has 0 aliphatic heterocycles. The Morgan fingerprint density at radius 1 is 1.07 bits per heavy atom. The van der Waals surface area contributed by atoms with Gasteiger partial charge in [-0.25, -0.2) is 0 Å². The van der Waals surface area contributed by atoms with Crippen LogP contribution in [0, 0.1) is 0 Å². The van der Waals surface area contributed by atoms with Crippen LogP contribution in [0.3, 0.4) is 0 Å². The van der Waals surface area contributed by atoms with Crippen molar-refractivity contribution in [1.82, 2.24) is 4.57 Å². The van der Waals surface area contributed by atoms with Crippen LogP contribution >= 0.6 is 15.9 Å². The van der Waals surface area contributed by atoms with Crippen LogP contribution < -0.4 is 5.56 Å². The maximum Gasteiger partial charge on any atom is 0.259 e. The topological polar surface area (TPSA) is 22.0 Å². The van der Waals surface area contributed by atoms with Crippen LogP contribution in [-0.2, 0) is 5.33 Å². The summed E-state index contributed by atoms with van der Waals surface area (Å²) >= 11 is 3.30. The molecule has 0 amide bonds. The average Bonchev–Trinajstić information content (AvgIpc) is 2.30. The summed E-state index contributed by atoms with van der Waals surface area (Å²) in [7, 11) is 0. The molecule has 76 valence electrons. The first kappa shape index (κ1) is 10.2. The predicted octanol–water partition coefficient (Wildman–Crippen LogP) is 2.73. The second-order valence-corrected chi connectivity index (χ2v) is 3.74. The van der Waals surface area contributed by atoms with E-state index in [0.717, 1.165) is 11.3 Å². The zero-order valence-electron chi connectivity index (χ0n) is 8.06. The summed E-state index contributed by atoms with van der Waals surface area (Å²) in [6, 6.07) is 13.3. The molecule has 0 fully saturated rings. The van der Waals surface area contributed by atoms with E-state index in [0.29, 0.717) is 5.33 Å². The first-order valence-electron chi connectivity index (χ1n) is 4.65. The second-order valence-electron chi connectivity index (χ2n) is 3.18. The van der Waals surface area contributed by atoms with Crippen LogP contribution in [0.2, 0.25) is 0 Å². The minimum absolute atomic E-state index is 0.0283. The highest BCUT2D eigenvalue weighted by Gasteiger charge is 2.02. The largest absolute Gasteiger partial charge is 0.284 e. The maximum atomic E-state index is 11.9. The summed E-state index contributed by atoms with van der Waals surface area (Å²) in [5, 5.41) is 0.583. The number of alkyl halides is 1. The number of aromatic nitrogens is 1. The van der Waals surface area contributed by atoms with Crippen molar-refractivity contribution in [2.75, 3.05) is 0 Å².